The number of nitrogens with zero attached hydrogens (tertiary/aromatic N) is 4. The molecular formula is C19H19ClN4O5S. The van der Waals surface area contributed by atoms with Crippen LogP contribution >= 0.6 is 11.6 Å². The van der Waals surface area contributed by atoms with Gasteiger partial charge in [-0.25, -0.2) is 8.42 Å². The first-order chi connectivity index (χ1) is 14.4. The highest BCUT2D eigenvalue weighted by molar-refractivity contribution is 7.89. The Kier molecular flexibility index (Phi) is 7.14. The van der Waals surface area contributed by atoms with E-state index in [2.05, 4.69) is 15.1 Å². The molecule has 0 bridgehead atoms. The van der Waals surface area contributed by atoms with E-state index in [1.807, 2.05) is 6.07 Å². The third-order valence-electron chi connectivity index (χ3n) is 4.06. The Morgan fingerprint density at radius 2 is 2.00 bits per heavy atom. The number of benzene rings is 1. The molecule has 11 heteroatoms. The van der Waals surface area contributed by atoms with Gasteiger partial charge in [-0.3, -0.25) is 9.78 Å². The molecule has 0 aliphatic heterocycles. The molecule has 0 fully saturated rings. The first kappa shape index (κ1) is 21.9. The normalized spacial score (nSPS) is 11.6. The number of esters is 1. The summed E-state index contributed by atoms with van der Waals surface area (Å²) in [5.41, 5.74) is 0.740. The second kappa shape index (κ2) is 9.79. The standard InChI is InChI=1S/C19H19ClN4O5S/c1-24(30(26,27)16-8-6-15(20)7-9-16)13-18(25)28-11-3-5-17-22-19(23-29-17)14-4-2-10-21-12-14/h2,4,6-10,12H,3,5,11,13H2,1H3. The van der Waals surface area contributed by atoms with E-state index in [1.54, 1.807) is 18.5 Å². The van der Waals surface area contributed by atoms with E-state index >= 15 is 0 Å². The summed E-state index contributed by atoms with van der Waals surface area (Å²) in [6.07, 6.45) is 4.15. The summed E-state index contributed by atoms with van der Waals surface area (Å²) in [7, 11) is -2.50. The van der Waals surface area contributed by atoms with Crippen molar-refractivity contribution in [2.45, 2.75) is 17.7 Å². The molecule has 2 heterocycles. The highest BCUT2D eigenvalue weighted by Gasteiger charge is 2.23. The second-order valence-electron chi connectivity index (χ2n) is 6.29. The fraction of sp³-hybridized carbons (Fsp3) is 0.263. The third kappa shape index (κ3) is 5.62. The van der Waals surface area contributed by atoms with Gasteiger partial charge in [-0.2, -0.15) is 9.29 Å². The lowest BCUT2D eigenvalue weighted by Crippen LogP contribution is -2.33. The number of carbonyl (C=O) groups excluding carboxylic acids is 1. The van der Waals surface area contributed by atoms with Crippen LogP contribution in [0.25, 0.3) is 11.4 Å². The SMILES string of the molecule is CN(CC(=O)OCCCc1nc(-c2cccnc2)no1)S(=O)(=O)c1ccc(Cl)cc1. The van der Waals surface area contributed by atoms with E-state index in [0.717, 1.165) is 9.87 Å². The molecule has 0 spiro atoms. The number of halogens is 1. The molecular weight excluding hydrogens is 432 g/mol. The van der Waals surface area contributed by atoms with Crippen LogP contribution in [0.3, 0.4) is 0 Å². The molecule has 0 radical (unpaired) electrons. The van der Waals surface area contributed by atoms with Crippen LogP contribution in [0.2, 0.25) is 5.02 Å². The molecule has 30 heavy (non-hydrogen) atoms. The molecule has 158 valence electrons. The number of carbonyl (C=O) groups is 1. The molecule has 0 saturated heterocycles. The zero-order valence-corrected chi connectivity index (χ0v) is 17.6. The maximum absolute atomic E-state index is 12.5. The van der Waals surface area contributed by atoms with Gasteiger partial charge in [-0.05, 0) is 42.8 Å². The van der Waals surface area contributed by atoms with Crippen LogP contribution in [0.1, 0.15) is 12.3 Å². The Bertz CT molecular complexity index is 1090. The molecule has 3 rings (SSSR count). The van der Waals surface area contributed by atoms with Gasteiger partial charge < -0.3 is 9.26 Å². The molecule has 0 N–H and O–H groups in total. The summed E-state index contributed by atoms with van der Waals surface area (Å²) in [5, 5.41) is 4.31. The van der Waals surface area contributed by atoms with Gasteiger partial charge in [0.05, 0.1) is 11.5 Å². The molecule has 0 unspecified atom stereocenters. The van der Waals surface area contributed by atoms with Gasteiger partial charge in [0, 0.05) is 36.4 Å². The van der Waals surface area contributed by atoms with E-state index in [0.29, 0.717) is 29.6 Å². The van der Waals surface area contributed by atoms with Crippen LogP contribution in [0.5, 0.6) is 0 Å². The Hall–Kier alpha value is -2.82. The summed E-state index contributed by atoms with van der Waals surface area (Å²) in [6, 6.07) is 9.29. The van der Waals surface area contributed by atoms with Crippen molar-refractivity contribution in [3.8, 4) is 11.4 Å². The molecule has 3 aromatic rings. The number of likely N-dealkylation sites (N-methyl/N-ethyl adjacent to an activating group) is 1. The van der Waals surface area contributed by atoms with Gasteiger partial charge in [0.2, 0.25) is 21.7 Å². The number of aryl methyl sites for hydroxylation is 1. The zero-order chi connectivity index (χ0) is 21.6. The average Bonchev–Trinajstić information content (AvgIpc) is 3.21. The van der Waals surface area contributed by atoms with Gasteiger partial charge >= 0.3 is 5.97 Å². The van der Waals surface area contributed by atoms with E-state index in [4.69, 9.17) is 20.9 Å². The fourth-order valence-corrected chi connectivity index (χ4v) is 3.72. The molecule has 0 aliphatic rings. The number of rotatable bonds is 9. The summed E-state index contributed by atoms with van der Waals surface area (Å²) >= 11 is 5.77. The maximum atomic E-state index is 12.5. The maximum Gasteiger partial charge on any atom is 0.321 e. The van der Waals surface area contributed by atoms with Crippen molar-refractivity contribution in [1.82, 2.24) is 19.4 Å². The number of pyridine rings is 1. The first-order valence-corrected chi connectivity index (χ1v) is 10.8. The van der Waals surface area contributed by atoms with Crippen LogP contribution in [0.4, 0.5) is 0 Å². The minimum absolute atomic E-state index is 0.0445. The van der Waals surface area contributed by atoms with Gasteiger partial charge in [0.1, 0.15) is 6.54 Å². The lowest BCUT2D eigenvalue weighted by molar-refractivity contribution is -0.143. The van der Waals surface area contributed by atoms with Crippen LogP contribution < -0.4 is 0 Å². The van der Waals surface area contributed by atoms with Crippen molar-refractivity contribution in [1.29, 1.82) is 0 Å². The van der Waals surface area contributed by atoms with Crippen LogP contribution in [-0.2, 0) is 26.0 Å². The second-order valence-corrected chi connectivity index (χ2v) is 8.77. The summed E-state index contributed by atoms with van der Waals surface area (Å²) < 4.78 is 36.1. The van der Waals surface area contributed by atoms with Gasteiger partial charge in [0.25, 0.3) is 0 Å². The number of ether oxygens (including phenoxy) is 1. The van der Waals surface area contributed by atoms with Crippen LogP contribution in [-0.4, -0.2) is 54.0 Å². The molecule has 2 aromatic heterocycles. The topological polar surface area (TPSA) is 115 Å². The minimum atomic E-state index is -3.81. The molecule has 0 saturated carbocycles. The third-order valence-corrected chi connectivity index (χ3v) is 6.13. The Labute approximate surface area is 178 Å². The monoisotopic (exact) mass is 450 g/mol. The van der Waals surface area contributed by atoms with E-state index in [-0.39, 0.29) is 11.5 Å². The number of hydrogen-bond acceptors (Lipinski definition) is 8. The lowest BCUT2D eigenvalue weighted by Gasteiger charge is -2.16. The summed E-state index contributed by atoms with van der Waals surface area (Å²) in [6.45, 7) is -0.311. The highest BCUT2D eigenvalue weighted by atomic mass is 35.5. The van der Waals surface area contributed by atoms with Crippen molar-refractivity contribution in [3.63, 3.8) is 0 Å². The number of hydrogen-bond donors (Lipinski definition) is 0. The van der Waals surface area contributed by atoms with Crippen molar-refractivity contribution >= 4 is 27.6 Å². The summed E-state index contributed by atoms with van der Waals surface area (Å²) in [4.78, 5) is 20.3. The van der Waals surface area contributed by atoms with Crippen molar-refractivity contribution < 1.29 is 22.5 Å². The number of aromatic nitrogens is 3. The quantitative estimate of drug-likeness (QED) is 0.361. The van der Waals surface area contributed by atoms with Crippen molar-refractivity contribution in [2.24, 2.45) is 0 Å². The first-order valence-electron chi connectivity index (χ1n) is 8.97. The Balaban J connectivity index is 1.44. The molecule has 0 atom stereocenters. The Morgan fingerprint density at radius 1 is 1.23 bits per heavy atom. The predicted octanol–water partition coefficient (Wildman–Crippen LogP) is 2.58. The largest absolute Gasteiger partial charge is 0.465 e. The lowest BCUT2D eigenvalue weighted by atomic mass is 10.3. The van der Waals surface area contributed by atoms with Crippen LogP contribution in [0, 0.1) is 0 Å². The smallest absolute Gasteiger partial charge is 0.321 e. The fourth-order valence-electron chi connectivity index (χ4n) is 2.48. The summed E-state index contributed by atoms with van der Waals surface area (Å²) in [5.74, 6) is 0.188. The highest BCUT2D eigenvalue weighted by Crippen LogP contribution is 2.17. The molecule has 9 nitrogen and oxygen atoms in total. The van der Waals surface area contributed by atoms with E-state index < -0.39 is 22.5 Å². The molecule has 0 amide bonds. The minimum Gasteiger partial charge on any atom is -0.465 e. The van der Waals surface area contributed by atoms with Gasteiger partial charge in [-0.15, -0.1) is 0 Å². The predicted molar refractivity (Wildman–Crippen MR) is 108 cm³/mol. The molecule has 1 aromatic carbocycles. The zero-order valence-electron chi connectivity index (χ0n) is 16.1. The van der Waals surface area contributed by atoms with Crippen molar-refractivity contribution in [3.05, 3.63) is 59.7 Å². The van der Waals surface area contributed by atoms with Gasteiger partial charge in [0.15, 0.2) is 0 Å². The van der Waals surface area contributed by atoms with Crippen molar-refractivity contribution in [2.75, 3.05) is 20.2 Å². The van der Waals surface area contributed by atoms with Crippen LogP contribution in [0.15, 0.2) is 58.2 Å². The van der Waals surface area contributed by atoms with E-state index in [9.17, 15) is 13.2 Å². The molecule has 0 aliphatic carbocycles. The van der Waals surface area contributed by atoms with Gasteiger partial charge in [-0.1, -0.05) is 16.8 Å². The number of sulfonamides is 1. The Morgan fingerprint density at radius 3 is 2.70 bits per heavy atom. The van der Waals surface area contributed by atoms with E-state index in [1.165, 1.54) is 31.3 Å². The average molecular weight is 451 g/mol.